The Bertz CT molecular complexity index is 540. The van der Waals surface area contributed by atoms with Crippen molar-refractivity contribution >= 4 is 5.69 Å². The molecule has 0 amide bonds. The van der Waals surface area contributed by atoms with Gasteiger partial charge in [-0.25, -0.2) is 4.39 Å². The first-order valence-corrected chi connectivity index (χ1v) is 6.39. The van der Waals surface area contributed by atoms with E-state index in [2.05, 4.69) is 22.3 Å². The van der Waals surface area contributed by atoms with Crippen molar-refractivity contribution in [2.75, 3.05) is 19.0 Å². The van der Waals surface area contributed by atoms with Gasteiger partial charge in [0.1, 0.15) is 5.82 Å². The van der Waals surface area contributed by atoms with Gasteiger partial charge in [-0.3, -0.25) is 0 Å². The Morgan fingerprint density at radius 2 is 1.63 bits per heavy atom. The molecule has 2 aromatic carbocycles. The quantitative estimate of drug-likeness (QED) is 0.886. The Morgan fingerprint density at radius 3 is 2.32 bits per heavy atom. The van der Waals surface area contributed by atoms with Gasteiger partial charge in [0.2, 0.25) is 0 Å². The largest absolute Gasteiger partial charge is 0.370 e. The van der Waals surface area contributed by atoms with Crippen LogP contribution in [0.1, 0.15) is 11.1 Å². The maximum absolute atomic E-state index is 13.7. The van der Waals surface area contributed by atoms with Crippen LogP contribution in [0, 0.1) is 5.82 Å². The van der Waals surface area contributed by atoms with E-state index in [-0.39, 0.29) is 5.82 Å². The zero-order valence-electron chi connectivity index (χ0n) is 11.4. The molecule has 0 radical (unpaired) electrons. The van der Waals surface area contributed by atoms with E-state index in [4.69, 9.17) is 0 Å². The number of halogens is 1. The fourth-order valence-corrected chi connectivity index (χ4v) is 2.19. The van der Waals surface area contributed by atoms with Crippen molar-refractivity contribution in [3.05, 3.63) is 65.5 Å². The molecular weight excluding hydrogens is 239 g/mol. The Morgan fingerprint density at radius 1 is 1.00 bits per heavy atom. The Labute approximate surface area is 113 Å². The summed E-state index contributed by atoms with van der Waals surface area (Å²) >= 11 is 0. The smallest absolute Gasteiger partial charge is 0.128 e. The summed E-state index contributed by atoms with van der Waals surface area (Å²) in [6.07, 6.45) is 0. The highest BCUT2D eigenvalue weighted by Gasteiger charge is 2.09. The summed E-state index contributed by atoms with van der Waals surface area (Å²) < 4.78 is 13.7. The number of hydrogen-bond acceptors (Lipinski definition) is 2. The molecule has 0 saturated carbocycles. The Hall–Kier alpha value is -1.87. The van der Waals surface area contributed by atoms with E-state index in [9.17, 15) is 4.39 Å². The van der Waals surface area contributed by atoms with Gasteiger partial charge in [0.25, 0.3) is 0 Å². The third-order valence-corrected chi connectivity index (χ3v) is 3.14. The maximum Gasteiger partial charge on any atom is 0.128 e. The van der Waals surface area contributed by atoms with Gasteiger partial charge in [0, 0.05) is 31.4 Å². The number of para-hydroxylation sites is 1. The molecule has 0 fully saturated rings. The summed E-state index contributed by atoms with van der Waals surface area (Å²) in [6.45, 7) is 1.37. The lowest BCUT2D eigenvalue weighted by atomic mass is 10.1. The molecule has 2 nitrogen and oxygen atoms in total. The minimum Gasteiger partial charge on any atom is -0.370 e. The minimum absolute atomic E-state index is 0.152. The van der Waals surface area contributed by atoms with Gasteiger partial charge in [-0.15, -0.1) is 0 Å². The third kappa shape index (κ3) is 3.32. The van der Waals surface area contributed by atoms with E-state index >= 15 is 0 Å². The van der Waals surface area contributed by atoms with Crippen LogP contribution in [0.25, 0.3) is 0 Å². The number of anilines is 1. The van der Waals surface area contributed by atoms with E-state index in [0.717, 1.165) is 12.2 Å². The molecule has 0 aliphatic carbocycles. The normalized spacial score (nSPS) is 10.5. The first-order valence-electron chi connectivity index (χ1n) is 6.39. The van der Waals surface area contributed by atoms with E-state index in [1.54, 1.807) is 6.07 Å². The molecule has 0 saturated heterocycles. The summed E-state index contributed by atoms with van der Waals surface area (Å²) in [5, 5.41) is 3.15. The zero-order valence-corrected chi connectivity index (χ0v) is 11.4. The predicted molar refractivity (Wildman–Crippen MR) is 77.7 cm³/mol. The number of nitrogens with one attached hydrogen (secondary N) is 1. The molecule has 100 valence electrons. The van der Waals surface area contributed by atoms with Crippen LogP contribution in [0.5, 0.6) is 0 Å². The lowest BCUT2D eigenvalue weighted by Gasteiger charge is -2.22. The van der Waals surface area contributed by atoms with Crippen molar-refractivity contribution in [1.29, 1.82) is 0 Å². The van der Waals surface area contributed by atoms with Gasteiger partial charge in [-0.05, 0) is 24.7 Å². The van der Waals surface area contributed by atoms with E-state index in [1.807, 2.05) is 38.4 Å². The third-order valence-electron chi connectivity index (χ3n) is 3.14. The van der Waals surface area contributed by atoms with Gasteiger partial charge in [0.05, 0.1) is 0 Å². The van der Waals surface area contributed by atoms with Gasteiger partial charge in [0.15, 0.2) is 0 Å². The predicted octanol–water partition coefficient (Wildman–Crippen LogP) is 3.18. The molecule has 2 rings (SSSR count). The lowest BCUT2D eigenvalue weighted by Crippen LogP contribution is -2.20. The molecule has 0 atom stereocenters. The topological polar surface area (TPSA) is 15.3 Å². The molecule has 0 spiro atoms. The molecule has 0 heterocycles. The minimum atomic E-state index is -0.152. The molecule has 2 aromatic rings. The SMILES string of the molecule is CNCc1ccccc1N(C)Cc1ccccc1F. The van der Waals surface area contributed by atoms with Crippen molar-refractivity contribution in [3.63, 3.8) is 0 Å². The van der Waals surface area contributed by atoms with Crippen LogP contribution in [0.3, 0.4) is 0 Å². The Kier molecular flexibility index (Phi) is 4.53. The highest BCUT2D eigenvalue weighted by molar-refractivity contribution is 5.53. The molecule has 0 aromatic heterocycles. The van der Waals surface area contributed by atoms with Crippen molar-refractivity contribution < 1.29 is 4.39 Å². The van der Waals surface area contributed by atoms with Crippen molar-refractivity contribution in [1.82, 2.24) is 5.32 Å². The standard InChI is InChI=1S/C16H19FN2/c1-18-11-13-7-4-6-10-16(13)19(2)12-14-8-3-5-9-15(14)17/h3-10,18H,11-12H2,1-2H3. The van der Waals surface area contributed by atoms with E-state index < -0.39 is 0 Å². The second-order valence-corrected chi connectivity index (χ2v) is 4.61. The van der Waals surface area contributed by atoms with Crippen LogP contribution in [-0.4, -0.2) is 14.1 Å². The monoisotopic (exact) mass is 258 g/mol. The second kappa shape index (κ2) is 6.34. The molecule has 1 N–H and O–H groups in total. The molecular formula is C16H19FN2. The Balaban J connectivity index is 2.20. The summed E-state index contributed by atoms with van der Waals surface area (Å²) in [5.41, 5.74) is 3.05. The average Bonchev–Trinajstić information content (AvgIpc) is 2.42. The van der Waals surface area contributed by atoms with Crippen molar-refractivity contribution in [3.8, 4) is 0 Å². The number of hydrogen-bond donors (Lipinski definition) is 1. The van der Waals surface area contributed by atoms with Crippen LogP contribution in [0.15, 0.2) is 48.5 Å². The summed E-state index contributed by atoms with van der Waals surface area (Å²) in [4.78, 5) is 2.07. The summed E-state index contributed by atoms with van der Waals surface area (Å²) in [5.74, 6) is -0.152. The van der Waals surface area contributed by atoms with Crippen LogP contribution in [-0.2, 0) is 13.1 Å². The van der Waals surface area contributed by atoms with Gasteiger partial charge in [-0.1, -0.05) is 36.4 Å². The zero-order chi connectivity index (χ0) is 13.7. The number of rotatable bonds is 5. The van der Waals surface area contributed by atoms with Crippen LogP contribution >= 0.6 is 0 Å². The first-order chi connectivity index (χ1) is 9.22. The van der Waals surface area contributed by atoms with E-state index in [0.29, 0.717) is 12.1 Å². The van der Waals surface area contributed by atoms with Crippen LogP contribution < -0.4 is 10.2 Å². The van der Waals surface area contributed by atoms with Crippen molar-refractivity contribution in [2.24, 2.45) is 0 Å². The van der Waals surface area contributed by atoms with E-state index in [1.165, 1.54) is 11.6 Å². The van der Waals surface area contributed by atoms with Gasteiger partial charge in [-0.2, -0.15) is 0 Å². The summed E-state index contributed by atoms with van der Waals surface area (Å²) in [6, 6.07) is 15.1. The maximum atomic E-state index is 13.7. The highest BCUT2D eigenvalue weighted by Crippen LogP contribution is 2.21. The number of benzene rings is 2. The average molecular weight is 258 g/mol. The van der Waals surface area contributed by atoms with Crippen molar-refractivity contribution in [2.45, 2.75) is 13.1 Å². The number of nitrogens with zero attached hydrogens (tertiary/aromatic N) is 1. The van der Waals surface area contributed by atoms with Gasteiger partial charge < -0.3 is 10.2 Å². The molecule has 0 aliphatic rings. The van der Waals surface area contributed by atoms with Gasteiger partial charge >= 0.3 is 0 Å². The molecule has 0 unspecified atom stereocenters. The first kappa shape index (κ1) is 13.6. The lowest BCUT2D eigenvalue weighted by molar-refractivity contribution is 0.607. The van der Waals surface area contributed by atoms with Crippen LogP contribution in [0.4, 0.5) is 10.1 Å². The fraction of sp³-hybridized carbons (Fsp3) is 0.250. The molecule has 0 aliphatic heterocycles. The molecule has 0 bridgehead atoms. The van der Waals surface area contributed by atoms with Crippen LogP contribution in [0.2, 0.25) is 0 Å². The fourth-order valence-electron chi connectivity index (χ4n) is 2.19. The summed E-state index contributed by atoms with van der Waals surface area (Å²) in [7, 11) is 3.91. The second-order valence-electron chi connectivity index (χ2n) is 4.61. The molecule has 3 heteroatoms. The highest BCUT2D eigenvalue weighted by atomic mass is 19.1. The molecule has 19 heavy (non-hydrogen) atoms.